The van der Waals surface area contributed by atoms with Crippen LogP contribution in [0.3, 0.4) is 0 Å². The number of aromatic amines is 1. The quantitative estimate of drug-likeness (QED) is 0.563. The minimum Gasteiger partial charge on any atom is -0.483 e. The van der Waals surface area contributed by atoms with E-state index in [2.05, 4.69) is 29.9 Å². The number of hydrogen-bond donors (Lipinski definition) is 1. The van der Waals surface area contributed by atoms with Crippen LogP contribution in [0.15, 0.2) is 47.3 Å². The predicted octanol–water partition coefficient (Wildman–Crippen LogP) is 3.94. The van der Waals surface area contributed by atoms with Gasteiger partial charge in [-0.15, -0.1) is 0 Å². The fourth-order valence-corrected chi connectivity index (χ4v) is 4.15. The van der Waals surface area contributed by atoms with Crippen LogP contribution in [0, 0.1) is 6.92 Å². The lowest BCUT2D eigenvalue weighted by Gasteiger charge is -2.25. The summed E-state index contributed by atoms with van der Waals surface area (Å²) in [7, 11) is 0. The van der Waals surface area contributed by atoms with Crippen molar-refractivity contribution in [3.8, 4) is 5.75 Å². The van der Waals surface area contributed by atoms with Crippen LogP contribution >= 0.6 is 0 Å². The Kier molecular flexibility index (Phi) is 7.08. The molecule has 1 saturated heterocycles. The number of benzene rings is 2. The van der Waals surface area contributed by atoms with Gasteiger partial charge in [-0.1, -0.05) is 38.1 Å². The molecule has 1 aliphatic rings. The van der Waals surface area contributed by atoms with Gasteiger partial charge in [0.25, 0.3) is 11.5 Å². The first kappa shape index (κ1) is 23.0. The minimum atomic E-state index is -0.210. The van der Waals surface area contributed by atoms with Gasteiger partial charge in [0.05, 0.1) is 23.6 Å². The van der Waals surface area contributed by atoms with Crippen molar-refractivity contribution in [2.75, 3.05) is 19.8 Å². The number of fused-ring (bicyclic) bond motifs is 1. The molecule has 7 nitrogen and oxygen atoms in total. The van der Waals surface area contributed by atoms with Gasteiger partial charge < -0.3 is 19.4 Å². The first-order chi connectivity index (χ1) is 15.9. The first-order valence-corrected chi connectivity index (χ1v) is 11.5. The number of para-hydroxylation sites is 1. The Hall–Kier alpha value is -3.19. The van der Waals surface area contributed by atoms with Crippen molar-refractivity contribution < 1.29 is 14.3 Å². The average Bonchev–Trinajstić information content (AvgIpc) is 3.30. The second kappa shape index (κ2) is 10.2. The second-order valence-electron chi connectivity index (χ2n) is 8.92. The van der Waals surface area contributed by atoms with Crippen LogP contribution in [-0.2, 0) is 16.1 Å². The highest BCUT2D eigenvalue weighted by Gasteiger charge is 2.24. The van der Waals surface area contributed by atoms with Gasteiger partial charge in [-0.2, -0.15) is 0 Å². The molecule has 1 fully saturated rings. The number of hydrogen-bond acceptors (Lipinski definition) is 5. The molecule has 0 saturated carbocycles. The van der Waals surface area contributed by atoms with Crippen LogP contribution in [0.4, 0.5) is 0 Å². The lowest BCUT2D eigenvalue weighted by molar-refractivity contribution is -0.135. The predicted molar refractivity (Wildman–Crippen MR) is 128 cm³/mol. The number of rotatable bonds is 8. The van der Waals surface area contributed by atoms with Gasteiger partial charge in [0.1, 0.15) is 11.6 Å². The Morgan fingerprint density at radius 1 is 1.27 bits per heavy atom. The average molecular weight is 450 g/mol. The van der Waals surface area contributed by atoms with Gasteiger partial charge in [0.15, 0.2) is 6.61 Å². The van der Waals surface area contributed by atoms with Crippen molar-refractivity contribution in [3.05, 3.63) is 69.8 Å². The Labute approximate surface area is 193 Å². The summed E-state index contributed by atoms with van der Waals surface area (Å²) >= 11 is 0. The van der Waals surface area contributed by atoms with Crippen LogP contribution in [0.1, 0.15) is 49.6 Å². The molecule has 174 valence electrons. The van der Waals surface area contributed by atoms with Crippen molar-refractivity contribution in [1.29, 1.82) is 0 Å². The molecule has 2 heterocycles. The van der Waals surface area contributed by atoms with Crippen molar-refractivity contribution >= 4 is 16.8 Å². The molecule has 1 atom stereocenters. The summed E-state index contributed by atoms with van der Waals surface area (Å²) in [6.45, 7) is 7.44. The number of nitrogens with one attached hydrogen (secondary N) is 1. The SMILES string of the molecule is Cc1ccc(C(C)C)c(OCC(=O)N(Cc2nc3ccccc3c(=O)[nH]2)CC2CCCO2)c1. The molecule has 1 amide bonds. The molecule has 1 N–H and O–H groups in total. The number of carbonyl (C=O) groups is 1. The molecule has 1 aromatic heterocycles. The maximum absolute atomic E-state index is 13.2. The molecule has 1 unspecified atom stereocenters. The number of ether oxygens (including phenoxy) is 2. The first-order valence-electron chi connectivity index (χ1n) is 11.5. The fraction of sp³-hybridized carbons (Fsp3) is 0.423. The van der Waals surface area contributed by atoms with E-state index >= 15 is 0 Å². The third-order valence-corrected chi connectivity index (χ3v) is 5.95. The van der Waals surface area contributed by atoms with E-state index in [4.69, 9.17) is 9.47 Å². The smallest absolute Gasteiger partial charge is 0.261 e. The molecule has 3 aromatic rings. The summed E-state index contributed by atoms with van der Waals surface area (Å²) in [4.78, 5) is 34.8. The number of nitrogens with zero attached hydrogens (tertiary/aromatic N) is 2. The maximum atomic E-state index is 13.2. The van der Waals surface area contributed by atoms with E-state index in [0.29, 0.717) is 29.9 Å². The monoisotopic (exact) mass is 449 g/mol. The van der Waals surface area contributed by atoms with Gasteiger partial charge in [0, 0.05) is 13.2 Å². The molecule has 4 rings (SSSR count). The number of amides is 1. The molecule has 7 heteroatoms. The zero-order valence-electron chi connectivity index (χ0n) is 19.5. The largest absolute Gasteiger partial charge is 0.483 e. The Morgan fingerprint density at radius 3 is 2.85 bits per heavy atom. The standard InChI is InChI=1S/C26H31N3O4/c1-17(2)20-11-10-18(3)13-23(20)33-16-25(30)29(14-19-7-6-12-32-19)15-24-27-22-9-5-4-8-21(22)26(31)28-24/h4-5,8-11,13,17,19H,6-7,12,14-16H2,1-3H3,(H,27,28,31). The number of aryl methyl sites for hydroxylation is 1. The van der Waals surface area contributed by atoms with Crippen molar-refractivity contribution in [2.24, 2.45) is 0 Å². The number of H-pyrrole nitrogens is 1. The van der Waals surface area contributed by atoms with Crippen LogP contribution in [0.25, 0.3) is 10.9 Å². The molecular weight excluding hydrogens is 418 g/mol. The Bertz CT molecular complexity index is 1180. The number of aromatic nitrogens is 2. The van der Waals surface area contributed by atoms with E-state index in [1.807, 2.05) is 25.1 Å². The third-order valence-electron chi connectivity index (χ3n) is 5.95. The summed E-state index contributed by atoms with van der Waals surface area (Å²) in [5, 5.41) is 0.530. The van der Waals surface area contributed by atoms with E-state index in [1.165, 1.54) is 0 Å². The van der Waals surface area contributed by atoms with Crippen LogP contribution in [0.5, 0.6) is 5.75 Å². The topological polar surface area (TPSA) is 84.5 Å². The summed E-state index contributed by atoms with van der Waals surface area (Å²) in [6, 6.07) is 13.3. The van der Waals surface area contributed by atoms with E-state index in [1.54, 1.807) is 23.1 Å². The molecular formula is C26H31N3O4. The van der Waals surface area contributed by atoms with E-state index in [9.17, 15) is 9.59 Å². The highest BCUT2D eigenvalue weighted by Crippen LogP contribution is 2.27. The maximum Gasteiger partial charge on any atom is 0.261 e. The second-order valence-corrected chi connectivity index (χ2v) is 8.92. The molecule has 1 aliphatic heterocycles. The van der Waals surface area contributed by atoms with Crippen LogP contribution in [0.2, 0.25) is 0 Å². The summed E-state index contributed by atoms with van der Waals surface area (Å²) in [5.74, 6) is 1.29. The Balaban J connectivity index is 1.54. The van der Waals surface area contributed by atoms with Crippen molar-refractivity contribution in [1.82, 2.24) is 14.9 Å². The van der Waals surface area contributed by atoms with Crippen molar-refractivity contribution in [2.45, 2.75) is 52.2 Å². The number of carbonyl (C=O) groups excluding carboxylic acids is 1. The highest BCUT2D eigenvalue weighted by molar-refractivity contribution is 5.78. The van der Waals surface area contributed by atoms with Crippen molar-refractivity contribution in [3.63, 3.8) is 0 Å². The zero-order valence-corrected chi connectivity index (χ0v) is 19.5. The fourth-order valence-electron chi connectivity index (χ4n) is 4.15. The summed E-state index contributed by atoms with van der Waals surface area (Å²) in [5.41, 5.74) is 2.55. The van der Waals surface area contributed by atoms with Crippen LogP contribution < -0.4 is 10.3 Å². The van der Waals surface area contributed by atoms with Gasteiger partial charge in [-0.25, -0.2) is 4.98 Å². The van der Waals surface area contributed by atoms with E-state index < -0.39 is 0 Å². The molecule has 33 heavy (non-hydrogen) atoms. The Morgan fingerprint density at radius 2 is 2.09 bits per heavy atom. The van der Waals surface area contributed by atoms with Gasteiger partial charge in [-0.3, -0.25) is 9.59 Å². The minimum absolute atomic E-state index is 0.0219. The third kappa shape index (κ3) is 5.60. The molecule has 2 aromatic carbocycles. The summed E-state index contributed by atoms with van der Waals surface area (Å²) in [6.07, 6.45) is 1.86. The molecule has 0 aliphatic carbocycles. The van der Waals surface area contributed by atoms with Crippen LogP contribution in [-0.4, -0.2) is 46.6 Å². The van der Waals surface area contributed by atoms with E-state index in [0.717, 1.165) is 29.7 Å². The van der Waals surface area contributed by atoms with Gasteiger partial charge in [-0.05, 0) is 55.0 Å². The van der Waals surface area contributed by atoms with E-state index in [-0.39, 0.29) is 36.6 Å². The lowest BCUT2D eigenvalue weighted by atomic mass is 10.0. The summed E-state index contributed by atoms with van der Waals surface area (Å²) < 4.78 is 11.8. The van der Waals surface area contributed by atoms with Gasteiger partial charge in [0.2, 0.25) is 0 Å². The lowest BCUT2D eigenvalue weighted by Crippen LogP contribution is -2.40. The normalized spacial score (nSPS) is 15.8. The highest BCUT2D eigenvalue weighted by atomic mass is 16.5. The molecule has 0 radical (unpaired) electrons. The zero-order chi connectivity index (χ0) is 23.4. The van der Waals surface area contributed by atoms with Gasteiger partial charge >= 0.3 is 0 Å². The molecule has 0 spiro atoms. The molecule has 0 bridgehead atoms.